The molecule has 2 aromatic carbocycles. The number of hydrogen-bond acceptors (Lipinski definition) is 9. The number of benzene rings is 2. The van der Waals surface area contributed by atoms with E-state index in [9.17, 15) is 27.6 Å². The van der Waals surface area contributed by atoms with Crippen LogP contribution in [0.1, 0.15) is 35.3 Å². The lowest BCUT2D eigenvalue weighted by Crippen LogP contribution is -2.41. The third kappa shape index (κ3) is 7.99. The van der Waals surface area contributed by atoms with Crippen LogP contribution in [0.2, 0.25) is 10.0 Å². The van der Waals surface area contributed by atoms with Gasteiger partial charge in [-0.1, -0.05) is 23.2 Å². The first-order chi connectivity index (χ1) is 18.7. The van der Waals surface area contributed by atoms with Gasteiger partial charge in [0.25, 0.3) is 0 Å². The molecule has 0 bridgehead atoms. The van der Waals surface area contributed by atoms with Gasteiger partial charge in [0.2, 0.25) is 11.5 Å². The maximum Gasteiger partial charge on any atom is 0.495 e. The predicted molar refractivity (Wildman–Crippen MR) is 134 cm³/mol. The van der Waals surface area contributed by atoms with Gasteiger partial charge in [-0.05, 0) is 55.8 Å². The van der Waals surface area contributed by atoms with Crippen LogP contribution >= 0.6 is 23.2 Å². The number of ether oxygens (including phenoxy) is 3. The van der Waals surface area contributed by atoms with Crippen LogP contribution in [0.4, 0.5) is 13.2 Å². The van der Waals surface area contributed by atoms with Crippen LogP contribution in [-0.4, -0.2) is 41.6 Å². The Morgan fingerprint density at radius 3 is 2.12 bits per heavy atom. The van der Waals surface area contributed by atoms with E-state index in [1.54, 1.807) is 18.2 Å². The van der Waals surface area contributed by atoms with Gasteiger partial charge in [0.15, 0.2) is 5.78 Å². The minimum absolute atomic E-state index is 0.0435. The first-order valence-electron chi connectivity index (χ1n) is 11.2. The number of nitrogens with zero attached hydrogens (tertiary/aromatic N) is 1. The van der Waals surface area contributed by atoms with E-state index in [1.807, 2.05) is 0 Å². The lowest BCUT2D eigenvalue weighted by molar-refractivity contribution is -0.291. The molecule has 3 aromatic rings. The van der Waals surface area contributed by atoms with Gasteiger partial charge >= 0.3 is 18.1 Å². The summed E-state index contributed by atoms with van der Waals surface area (Å²) in [4.78, 5) is 48.1. The Hall–Kier alpha value is -4.03. The second-order valence-electron chi connectivity index (χ2n) is 8.49. The van der Waals surface area contributed by atoms with E-state index in [1.165, 1.54) is 43.6 Å². The molecule has 0 N–H and O–H groups in total. The number of methoxy groups -OCH3 is 1. The molecular weight excluding hydrogens is 582 g/mol. The fraction of sp³-hybridized carbons (Fsp3) is 0.231. The molecule has 1 heterocycles. The van der Waals surface area contributed by atoms with E-state index in [0.717, 1.165) is 13.8 Å². The Bertz CT molecular complexity index is 1390. The first-order valence-corrected chi connectivity index (χ1v) is 11.9. The summed E-state index contributed by atoms with van der Waals surface area (Å²) in [7, 11) is 1.34. The average molecular weight is 602 g/mol. The van der Waals surface area contributed by atoms with E-state index < -0.39 is 29.5 Å². The highest BCUT2D eigenvalue weighted by Gasteiger charge is 2.44. The maximum absolute atomic E-state index is 13.3. The summed E-state index contributed by atoms with van der Waals surface area (Å²) in [5, 5.41) is 0.882. The summed E-state index contributed by atoms with van der Waals surface area (Å²) in [6, 6.07) is 11.9. The van der Waals surface area contributed by atoms with Crippen molar-refractivity contribution in [3.05, 3.63) is 81.5 Å². The summed E-state index contributed by atoms with van der Waals surface area (Å²) in [6.07, 6.45) is -4.12. The molecule has 0 saturated heterocycles. The first kappa shape index (κ1) is 30.5. The minimum atomic E-state index is -5.38. The Morgan fingerprint density at radius 1 is 0.900 bits per heavy atom. The fourth-order valence-electron chi connectivity index (χ4n) is 3.05. The normalized spacial score (nSPS) is 11.4. The van der Waals surface area contributed by atoms with E-state index in [0.29, 0.717) is 15.6 Å². The zero-order valence-electron chi connectivity index (χ0n) is 21.0. The fourth-order valence-corrected chi connectivity index (χ4v) is 3.62. The van der Waals surface area contributed by atoms with Gasteiger partial charge in [-0.2, -0.15) is 13.2 Å². The molecule has 9 nitrogen and oxygen atoms in total. The zero-order valence-corrected chi connectivity index (χ0v) is 22.5. The molecule has 0 aliphatic carbocycles. The van der Waals surface area contributed by atoms with Gasteiger partial charge in [0.1, 0.15) is 18.1 Å². The number of carbonyl (C=O) groups excluding carboxylic acids is 3. The third-order valence-electron chi connectivity index (χ3n) is 5.02. The summed E-state index contributed by atoms with van der Waals surface area (Å²) < 4.78 is 53.4. The van der Waals surface area contributed by atoms with Gasteiger partial charge in [-0.25, -0.2) is 24.3 Å². The van der Waals surface area contributed by atoms with Crippen LogP contribution in [0.3, 0.4) is 0 Å². The molecule has 0 aliphatic rings. The summed E-state index contributed by atoms with van der Waals surface area (Å²) in [6.45, 7) is 2.37. The van der Waals surface area contributed by atoms with Crippen LogP contribution < -0.4 is 14.2 Å². The molecule has 0 spiro atoms. The summed E-state index contributed by atoms with van der Waals surface area (Å²) in [5.74, 6) is -4.52. The number of carbonyl (C=O) groups is 3. The molecule has 0 unspecified atom stereocenters. The lowest BCUT2D eigenvalue weighted by atomic mass is 10.0. The Labute approximate surface area is 235 Å². The van der Waals surface area contributed by atoms with Gasteiger partial charge in [0, 0.05) is 33.9 Å². The molecule has 40 heavy (non-hydrogen) atoms. The molecule has 0 fully saturated rings. The summed E-state index contributed by atoms with van der Waals surface area (Å²) >= 11 is 12.0. The van der Waals surface area contributed by atoms with Crippen molar-refractivity contribution in [1.29, 1.82) is 0 Å². The van der Waals surface area contributed by atoms with E-state index >= 15 is 0 Å². The Kier molecular flexibility index (Phi) is 9.48. The van der Waals surface area contributed by atoms with Gasteiger partial charge < -0.3 is 14.2 Å². The van der Waals surface area contributed by atoms with Crippen molar-refractivity contribution >= 4 is 40.9 Å². The predicted octanol–water partition coefficient (Wildman–Crippen LogP) is 5.93. The van der Waals surface area contributed by atoms with E-state index in [4.69, 9.17) is 37.4 Å². The van der Waals surface area contributed by atoms with Crippen molar-refractivity contribution < 1.29 is 51.5 Å². The van der Waals surface area contributed by atoms with Crippen molar-refractivity contribution in [2.45, 2.75) is 32.2 Å². The smallest absolute Gasteiger partial charge is 0.495 e. The lowest BCUT2D eigenvalue weighted by Gasteiger charge is -2.24. The van der Waals surface area contributed by atoms with Crippen LogP contribution in [0.25, 0.3) is 0 Å². The minimum Gasteiger partial charge on any atom is -0.497 e. The number of ketones is 1. The van der Waals surface area contributed by atoms with Gasteiger partial charge in [-0.3, -0.25) is 4.79 Å². The van der Waals surface area contributed by atoms with E-state index in [2.05, 4.69) is 14.8 Å². The summed E-state index contributed by atoms with van der Waals surface area (Å²) in [5.41, 5.74) is -1.23. The SMILES string of the molecule is COc1ccc(C(=O)c2ccc(OCc3cc(Cl)cc(Cl)c3)nc2)c(OC(C)(C)C(=O)OOC(=O)C(F)(F)F)c1. The number of halogens is 5. The van der Waals surface area contributed by atoms with Gasteiger partial charge in [-0.15, -0.1) is 0 Å². The monoisotopic (exact) mass is 601 g/mol. The molecule has 1 aromatic heterocycles. The Morgan fingerprint density at radius 2 is 1.55 bits per heavy atom. The molecule has 0 amide bonds. The maximum atomic E-state index is 13.3. The van der Waals surface area contributed by atoms with Crippen molar-refractivity contribution in [2.75, 3.05) is 7.11 Å². The molecular formula is C26H20Cl2F3NO8. The highest BCUT2D eigenvalue weighted by atomic mass is 35.5. The van der Waals surface area contributed by atoms with Crippen molar-refractivity contribution in [3.63, 3.8) is 0 Å². The van der Waals surface area contributed by atoms with Crippen LogP contribution in [0.5, 0.6) is 17.4 Å². The number of pyridine rings is 1. The number of aromatic nitrogens is 1. The average Bonchev–Trinajstić information content (AvgIpc) is 2.88. The molecule has 0 saturated carbocycles. The number of hydrogen-bond donors (Lipinski definition) is 0. The molecule has 0 aliphatic heterocycles. The van der Waals surface area contributed by atoms with Crippen molar-refractivity contribution in [2.24, 2.45) is 0 Å². The highest BCUT2D eigenvalue weighted by Crippen LogP contribution is 2.31. The Balaban J connectivity index is 1.76. The standard InChI is InChI=1S/C26H20Cl2F3NO8/c1-25(2,23(34)39-40-24(35)26(29,30)31)38-20-11-18(36-3)5-6-19(20)22(33)15-4-7-21(32-12-15)37-13-14-8-16(27)10-17(28)9-14/h4-12H,13H2,1-3H3. The van der Waals surface area contributed by atoms with Crippen LogP contribution in [0.15, 0.2) is 54.7 Å². The van der Waals surface area contributed by atoms with Crippen molar-refractivity contribution in [1.82, 2.24) is 4.98 Å². The molecule has 14 heteroatoms. The number of alkyl halides is 3. The quantitative estimate of drug-likeness (QED) is 0.167. The van der Waals surface area contributed by atoms with Crippen molar-refractivity contribution in [3.8, 4) is 17.4 Å². The zero-order chi connectivity index (χ0) is 29.7. The second-order valence-corrected chi connectivity index (χ2v) is 9.37. The topological polar surface area (TPSA) is 110 Å². The van der Waals surface area contributed by atoms with Crippen LogP contribution in [0, 0.1) is 0 Å². The molecule has 212 valence electrons. The largest absolute Gasteiger partial charge is 0.497 e. The van der Waals surface area contributed by atoms with Crippen LogP contribution in [-0.2, 0) is 26.0 Å². The third-order valence-corrected chi connectivity index (χ3v) is 5.46. The molecule has 3 rings (SSSR count). The van der Waals surface area contributed by atoms with E-state index in [-0.39, 0.29) is 35.1 Å². The number of rotatable bonds is 9. The molecule has 0 atom stereocenters. The second kappa shape index (κ2) is 12.4. The van der Waals surface area contributed by atoms with Gasteiger partial charge in [0.05, 0.1) is 12.7 Å². The molecule has 0 radical (unpaired) electrons. The highest BCUT2D eigenvalue weighted by molar-refractivity contribution is 6.34.